The molecule has 0 bridgehead atoms. The number of nitrogens with one attached hydrogen (secondary N) is 2. The third-order valence-electron chi connectivity index (χ3n) is 6.12. The third kappa shape index (κ3) is 6.22. The zero-order valence-electron chi connectivity index (χ0n) is 20.2. The minimum atomic E-state index is -0.500. The van der Waals surface area contributed by atoms with Crippen molar-refractivity contribution in [1.82, 2.24) is 25.3 Å². The number of aromatic nitrogens is 2. The normalized spacial score (nSPS) is 21.0. The smallest absolute Gasteiger partial charge is 0.407 e. The Labute approximate surface area is 210 Å². The Morgan fingerprint density at radius 1 is 1.37 bits per heavy atom. The number of ether oxygens (including phenoxy) is 2. The van der Waals surface area contributed by atoms with E-state index in [4.69, 9.17) is 21.4 Å². The van der Waals surface area contributed by atoms with Crippen molar-refractivity contribution in [3.63, 3.8) is 0 Å². The molecule has 2 heterocycles. The van der Waals surface area contributed by atoms with E-state index < -0.39 is 12.2 Å². The average molecular weight is 502 g/mol. The number of hydrogen-bond acceptors (Lipinski definition) is 6. The van der Waals surface area contributed by atoms with Crippen LogP contribution in [0.5, 0.6) is 0 Å². The van der Waals surface area contributed by atoms with Gasteiger partial charge in [0.1, 0.15) is 6.10 Å². The predicted octanol–water partition coefficient (Wildman–Crippen LogP) is 3.32. The Hall–Kier alpha value is -2.88. The van der Waals surface area contributed by atoms with Crippen molar-refractivity contribution in [2.45, 2.75) is 51.0 Å². The third-order valence-corrected chi connectivity index (χ3v) is 6.36. The van der Waals surface area contributed by atoms with Crippen LogP contribution in [-0.2, 0) is 14.3 Å². The van der Waals surface area contributed by atoms with Crippen LogP contribution >= 0.6 is 11.6 Å². The molecule has 2 N–H and O–H groups in total. The van der Waals surface area contributed by atoms with Gasteiger partial charge in [-0.3, -0.25) is 4.79 Å². The summed E-state index contributed by atoms with van der Waals surface area (Å²) in [5.74, 6) is -0.00396. The fourth-order valence-electron chi connectivity index (χ4n) is 4.23. The second-order valence-corrected chi connectivity index (χ2v) is 9.34. The summed E-state index contributed by atoms with van der Waals surface area (Å²) in [6.45, 7) is 5.53. The maximum Gasteiger partial charge on any atom is 0.407 e. The number of rotatable bonds is 8. The number of amides is 2. The second-order valence-electron chi connectivity index (χ2n) is 8.91. The predicted molar refractivity (Wildman–Crippen MR) is 134 cm³/mol. The Morgan fingerprint density at radius 2 is 2.17 bits per heavy atom. The van der Waals surface area contributed by atoms with E-state index in [2.05, 4.69) is 15.4 Å². The first-order chi connectivity index (χ1) is 16.9. The standard InChI is InChI=1S/C25H32ClN5O4/c1-16-14-27-15-23(35-16)24(32)30(19-9-10-19)17(2)22-13-21(8-5-11-28-25(33)34-3)31(29-22)20-7-4-6-18(26)12-20/h4-8,12-13,16-17,19,23,27H,9-11,14-15H2,1-3H3,(H,28,33)/b8-5+/t16-,17-,23-/m1/s1. The highest BCUT2D eigenvalue weighted by Crippen LogP contribution is 2.35. The molecule has 9 nitrogen and oxygen atoms in total. The van der Waals surface area contributed by atoms with E-state index in [9.17, 15) is 9.59 Å². The quantitative estimate of drug-likeness (QED) is 0.576. The minimum Gasteiger partial charge on any atom is -0.453 e. The molecular weight excluding hydrogens is 470 g/mol. The molecule has 188 valence electrons. The molecule has 2 fully saturated rings. The lowest BCUT2D eigenvalue weighted by atomic mass is 10.1. The van der Waals surface area contributed by atoms with Gasteiger partial charge in [0.25, 0.3) is 5.91 Å². The molecule has 2 aliphatic rings. The van der Waals surface area contributed by atoms with E-state index in [0.717, 1.165) is 36.5 Å². The molecule has 4 rings (SSSR count). The topological polar surface area (TPSA) is 97.7 Å². The Bertz CT molecular complexity index is 1080. The van der Waals surface area contributed by atoms with Crippen LogP contribution in [0.2, 0.25) is 5.02 Å². The van der Waals surface area contributed by atoms with Gasteiger partial charge in [0.05, 0.1) is 36.3 Å². The molecule has 10 heteroatoms. The van der Waals surface area contributed by atoms with Crippen molar-refractivity contribution in [3.05, 3.63) is 52.8 Å². The highest BCUT2D eigenvalue weighted by molar-refractivity contribution is 6.30. The Morgan fingerprint density at radius 3 is 2.86 bits per heavy atom. The van der Waals surface area contributed by atoms with Gasteiger partial charge in [-0.1, -0.05) is 23.7 Å². The van der Waals surface area contributed by atoms with Gasteiger partial charge in [-0.15, -0.1) is 0 Å². The number of nitrogens with zero attached hydrogens (tertiary/aromatic N) is 3. The number of halogens is 1. The summed E-state index contributed by atoms with van der Waals surface area (Å²) < 4.78 is 12.4. The molecule has 1 aromatic carbocycles. The molecule has 2 amide bonds. The van der Waals surface area contributed by atoms with Crippen LogP contribution < -0.4 is 10.6 Å². The number of alkyl carbamates (subject to hydrolysis) is 1. The molecule has 1 aliphatic carbocycles. The van der Waals surface area contributed by atoms with Crippen LogP contribution in [0.1, 0.15) is 44.1 Å². The molecule has 0 unspecified atom stereocenters. The first-order valence-corrected chi connectivity index (χ1v) is 12.3. The van der Waals surface area contributed by atoms with E-state index in [0.29, 0.717) is 18.1 Å². The molecule has 1 saturated heterocycles. The van der Waals surface area contributed by atoms with Gasteiger partial charge >= 0.3 is 6.09 Å². The summed E-state index contributed by atoms with van der Waals surface area (Å²) in [6.07, 6.45) is 4.64. The summed E-state index contributed by atoms with van der Waals surface area (Å²) in [7, 11) is 1.32. The number of carbonyl (C=O) groups excluding carboxylic acids is 2. The van der Waals surface area contributed by atoms with Crippen LogP contribution in [0.3, 0.4) is 0 Å². The first-order valence-electron chi connectivity index (χ1n) is 11.9. The van der Waals surface area contributed by atoms with E-state index in [1.54, 1.807) is 10.7 Å². The zero-order valence-corrected chi connectivity index (χ0v) is 21.0. The monoisotopic (exact) mass is 501 g/mol. The van der Waals surface area contributed by atoms with Gasteiger partial charge in [0.15, 0.2) is 0 Å². The van der Waals surface area contributed by atoms with Crippen LogP contribution in [0.15, 0.2) is 36.4 Å². The summed E-state index contributed by atoms with van der Waals surface area (Å²) in [6, 6.07) is 9.34. The van der Waals surface area contributed by atoms with Crippen molar-refractivity contribution >= 4 is 29.7 Å². The second kappa shape index (κ2) is 11.2. The Kier molecular flexibility index (Phi) is 8.10. The van der Waals surface area contributed by atoms with Gasteiger partial charge in [0.2, 0.25) is 0 Å². The lowest BCUT2D eigenvalue weighted by Gasteiger charge is -2.35. The summed E-state index contributed by atoms with van der Waals surface area (Å²) in [4.78, 5) is 26.8. The number of carbonyl (C=O) groups is 2. The lowest BCUT2D eigenvalue weighted by Crippen LogP contribution is -2.53. The van der Waals surface area contributed by atoms with E-state index in [1.165, 1.54) is 7.11 Å². The van der Waals surface area contributed by atoms with Crippen molar-refractivity contribution in [1.29, 1.82) is 0 Å². The van der Waals surface area contributed by atoms with Crippen LogP contribution in [-0.4, -0.2) is 71.7 Å². The molecule has 35 heavy (non-hydrogen) atoms. The highest BCUT2D eigenvalue weighted by Gasteiger charge is 2.41. The van der Waals surface area contributed by atoms with Crippen LogP contribution in [0.25, 0.3) is 11.8 Å². The fourth-order valence-corrected chi connectivity index (χ4v) is 4.42. The van der Waals surface area contributed by atoms with Crippen molar-refractivity contribution in [3.8, 4) is 5.69 Å². The number of benzene rings is 1. The molecule has 1 aliphatic heterocycles. The van der Waals surface area contributed by atoms with Crippen molar-refractivity contribution < 1.29 is 19.1 Å². The Balaban J connectivity index is 1.61. The van der Waals surface area contributed by atoms with Crippen LogP contribution in [0, 0.1) is 0 Å². The van der Waals surface area contributed by atoms with E-state index >= 15 is 0 Å². The van der Waals surface area contributed by atoms with Crippen molar-refractivity contribution in [2.24, 2.45) is 0 Å². The molecule has 1 aromatic heterocycles. The maximum atomic E-state index is 13.5. The molecule has 1 saturated carbocycles. The molecule has 3 atom stereocenters. The van der Waals surface area contributed by atoms with Crippen LogP contribution in [0.4, 0.5) is 4.79 Å². The van der Waals surface area contributed by atoms with Gasteiger partial charge in [-0.2, -0.15) is 5.10 Å². The number of morpholine rings is 1. The molecular formula is C25H32ClN5O4. The highest BCUT2D eigenvalue weighted by atomic mass is 35.5. The summed E-state index contributed by atoms with van der Waals surface area (Å²) in [5, 5.41) is 11.4. The number of methoxy groups -OCH3 is 1. The minimum absolute atomic E-state index is 0.00396. The van der Waals surface area contributed by atoms with Crippen molar-refractivity contribution in [2.75, 3.05) is 26.7 Å². The number of hydrogen-bond donors (Lipinski definition) is 2. The van der Waals surface area contributed by atoms with E-state index in [-0.39, 0.29) is 24.1 Å². The molecule has 0 spiro atoms. The average Bonchev–Trinajstić information content (AvgIpc) is 3.59. The summed E-state index contributed by atoms with van der Waals surface area (Å²) >= 11 is 6.24. The molecule has 2 aromatic rings. The largest absolute Gasteiger partial charge is 0.453 e. The molecule has 0 radical (unpaired) electrons. The van der Waals surface area contributed by atoms with E-state index in [1.807, 2.05) is 55.2 Å². The van der Waals surface area contributed by atoms with Gasteiger partial charge in [-0.05, 0) is 57.0 Å². The van der Waals surface area contributed by atoms with Gasteiger partial charge in [-0.25, -0.2) is 9.48 Å². The van der Waals surface area contributed by atoms with Gasteiger partial charge < -0.3 is 25.0 Å². The summed E-state index contributed by atoms with van der Waals surface area (Å²) in [5.41, 5.74) is 2.37. The fraction of sp³-hybridized carbons (Fsp3) is 0.480. The lowest BCUT2D eigenvalue weighted by molar-refractivity contribution is -0.152. The first kappa shape index (κ1) is 25.2. The van der Waals surface area contributed by atoms with Gasteiger partial charge in [0, 0.05) is 30.7 Å². The zero-order chi connectivity index (χ0) is 24.9. The maximum absolute atomic E-state index is 13.5. The SMILES string of the molecule is COC(=O)NC/C=C/c1cc([C@@H](C)N(C(=O)[C@H]2CNC[C@@H](C)O2)C2CC2)nn1-c1cccc(Cl)c1.